The van der Waals surface area contributed by atoms with E-state index >= 15 is 0 Å². The largest absolute Gasteiger partial charge is 0.329 e. The molecule has 0 aliphatic rings. The van der Waals surface area contributed by atoms with Crippen molar-refractivity contribution in [3.05, 3.63) is 13.2 Å². The van der Waals surface area contributed by atoms with E-state index in [-0.39, 0.29) is 29.6 Å². The third-order valence-electron chi connectivity index (χ3n) is 0.167. The fourth-order valence-electron chi connectivity index (χ4n) is 0. The fraction of sp³-hybridized carbons (Fsp3) is 0.500. The second kappa shape index (κ2) is 30.2. The molecule has 39 valence electrons. The Morgan fingerprint density at radius 3 is 1.14 bits per heavy atom. The van der Waals surface area contributed by atoms with Gasteiger partial charge in [-0.05, 0) is 0 Å². The minimum atomic E-state index is 0. The Balaban J connectivity index is -0.0000000480. The van der Waals surface area contributed by atoms with E-state index in [4.69, 9.17) is 11.5 Å². The van der Waals surface area contributed by atoms with E-state index in [1.165, 1.54) is 0 Å². The molecule has 0 aliphatic carbocycles. The van der Waals surface area contributed by atoms with Crippen LogP contribution in [0.25, 0.3) is 0 Å². The first-order valence-corrected chi connectivity index (χ1v) is 1.82. The van der Waals surface area contributed by atoms with Crippen LogP contribution in [0.15, 0.2) is 13.2 Å². The van der Waals surface area contributed by atoms with E-state index in [0.717, 1.165) is 0 Å². The summed E-state index contributed by atoms with van der Waals surface area (Å²) in [5, 5.41) is 0. The van der Waals surface area contributed by atoms with Gasteiger partial charge < -0.3 is 11.5 Å². The summed E-state index contributed by atoms with van der Waals surface area (Å²) in [7, 11) is 0. The molecule has 4 N–H and O–H groups in total. The van der Waals surface area contributed by atoms with Crippen molar-refractivity contribution in [1.29, 1.82) is 0 Å². The van der Waals surface area contributed by atoms with E-state index in [1.54, 1.807) is 0 Å². The predicted molar refractivity (Wildman–Crippen MR) is 35.1 cm³/mol. The van der Waals surface area contributed by atoms with E-state index in [9.17, 15) is 0 Å². The zero-order chi connectivity index (χ0) is 5.41. The molecule has 0 aromatic carbocycles. The first kappa shape index (κ1) is 15.6. The van der Waals surface area contributed by atoms with Crippen molar-refractivity contribution in [3.8, 4) is 0 Å². The molecule has 7 heavy (non-hydrogen) atoms. The standard InChI is InChI=1S/C2H8N2.C2H4.Na/c3-1-2-4;1-2;/h1-4H2;1-2H2;. The number of rotatable bonds is 1. The Morgan fingerprint density at radius 1 is 1.00 bits per heavy atom. The summed E-state index contributed by atoms with van der Waals surface area (Å²) in [5.41, 5.74) is 9.81. The van der Waals surface area contributed by atoms with Crippen molar-refractivity contribution in [2.75, 3.05) is 13.1 Å². The third kappa shape index (κ3) is 52.5. The summed E-state index contributed by atoms with van der Waals surface area (Å²) < 4.78 is 0. The van der Waals surface area contributed by atoms with E-state index < -0.39 is 0 Å². The van der Waals surface area contributed by atoms with E-state index in [1.807, 2.05) is 0 Å². The summed E-state index contributed by atoms with van der Waals surface area (Å²) >= 11 is 0. The van der Waals surface area contributed by atoms with Crippen LogP contribution < -0.4 is 11.5 Å². The summed E-state index contributed by atoms with van der Waals surface area (Å²) in [6.07, 6.45) is 0. The van der Waals surface area contributed by atoms with Crippen LogP contribution in [0.2, 0.25) is 0 Å². The third-order valence-corrected chi connectivity index (χ3v) is 0.167. The van der Waals surface area contributed by atoms with Gasteiger partial charge in [0.1, 0.15) is 0 Å². The van der Waals surface area contributed by atoms with Crippen molar-refractivity contribution in [3.63, 3.8) is 0 Å². The molecule has 0 aromatic heterocycles. The van der Waals surface area contributed by atoms with Crippen molar-refractivity contribution < 1.29 is 0 Å². The van der Waals surface area contributed by atoms with Gasteiger partial charge in [-0.15, -0.1) is 13.2 Å². The molecule has 0 bridgehead atoms. The molecule has 0 amide bonds. The zero-order valence-corrected chi connectivity index (χ0v) is 6.98. The molecule has 0 fully saturated rings. The van der Waals surface area contributed by atoms with E-state index in [0.29, 0.717) is 13.1 Å². The second-order valence-electron chi connectivity index (χ2n) is 0.577. The molecule has 0 heterocycles. The maximum Gasteiger partial charge on any atom is 0.00461 e. The first-order chi connectivity index (χ1) is 2.91. The second-order valence-corrected chi connectivity index (χ2v) is 0.577. The van der Waals surface area contributed by atoms with Crippen LogP contribution in [0, 0.1) is 0 Å². The molecule has 0 saturated heterocycles. The first-order valence-electron chi connectivity index (χ1n) is 1.82. The topological polar surface area (TPSA) is 52.0 Å². The number of nitrogens with two attached hydrogens (primary N) is 2. The molecule has 0 atom stereocenters. The molecule has 2 nitrogen and oxygen atoms in total. The van der Waals surface area contributed by atoms with Crippen LogP contribution in [-0.4, -0.2) is 42.6 Å². The molecular weight excluding hydrogens is 99.0 g/mol. The maximum absolute atomic E-state index is 4.90. The average molecular weight is 111 g/mol. The molecule has 0 unspecified atom stereocenters. The van der Waals surface area contributed by atoms with Gasteiger partial charge in [0.2, 0.25) is 0 Å². The maximum atomic E-state index is 4.90. The number of hydrogen-bond acceptors (Lipinski definition) is 2. The van der Waals surface area contributed by atoms with Crippen LogP contribution in [0.4, 0.5) is 0 Å². The quantitative estimate of drug-likeness (QED) is 0.348. The summed E-state index contributed by atoms with van der Waals surface area (Å²) in [4.78, 5) is 0. The Hall–Kier alpha value is 0.660. The molecular formula is C4H12N2Na. The van der Waals surface area contributed by atoms with Crippen molar-refractivity contribution in [1.82, 2.24) is 0 Å². The molecule has 0 aromatic rings. The van der Waals surface area contributed by atoms with Crippen LogP contribution in [0.3, 0.4) is 0 Å². The van der Waals surface area contributed by atoms with Gasteiger partial charge in [-0.3, -0.25) is 0 Å². The summed E-state index contributed by atoms with van der Waals surface area (Å²) in [6.45, 7) is 7.19. The average Bonchev–Trinajstić information content (AvgIpc) is 1.72. The van der Waals surface area contributed by atoms with Gasteiger partial charge in [-0.1, -0.05) is 0 Å². The Morgan fingerprint density at radius 2 is 1.14 bits per heavy atom. The van der Waals surface area contributed by atoms with Gasteiger partial charge in [0.15, 0.2) is 0 Å². The number of hydrogen-bond donors (Lipinski definition) is 2. The van der Waals surface area contributed by atoms with Gasteiger partial charge in [0, 0.05) is 42.6 Å². The van der Waals surface area contributed by atoms with Gasteiger partial charge >= 0.3 is 0 Å². The SMILES string of the molecule is C=C.NCCN.[Na]. The predicted octanol–water partition coefficient (Wildman–Crippen LogP) is -0.675. The smallest absolute Gasteiger partial charge is 0.00461 e. The molecule has 3 heteroatoms. The normalized spacial score (nSPS) is 4.86. The molecule has 0 spiro atoms. The van der Waals surface area contributed by atoms with Crippen molar-refractivity contribution in [2.45, 2.75) is 0 Å². The van der Waals surface area contributed by atoms with Gasteiger partial charge in [0.05, 0.1) is 0 Å². The van der Waals surface area contributed by atoms with Crippen LogP contribution in [0.1, 0.15) is 0 Å². The minimum Gasteiger partial charge on any atom is -0.329 e. The summed E-state index contributed by atoms with van der Waals surface area (Å²) in [5.74, 6) is 0. The molecule has 1 radical (unpaired) electrons. The molecule has 0 saturated carbocycles. The molecule has 0 aliphatic heterocycles. The van der Waals surface area contributed by atoms with Crippen molar-refractivity contribution in [2.24, 2.45) is 11.5 Å². The zero-order valence-electron chi connectivity index (χ0n) is 4.98. The van der Waals surface area contributed by atoms with Crippen LogP contribution in [-0.2, 0) is 0 Å². The Kier molecular flexibility index (Phi) is 67.4. The van der Waals surface area contributed by atoms with Crippen molar-refractivity contribution >= 4 is 29.6 Å². The van der Waals surface area contributed by atoms with Crippen LogP contribution in [0.5, 0.6) is 0 Å². The van der Waals surface area contributed by atoms with Gasteiger partial charge in [-0.2, -0.15) is 0 Å². The minimum absolute atomic E-state index is 0. The summed E-state index contributed by atoms with van der Waals surface area (Å²) in [6, 6.07) is 0. The Bertz CT molecular complexity index is 17.2. The van der Waals surface area contributed by atoms with Gasteiger partial charge in [0.25, 0.3) is 0 Å². The molecule has 0 rings (SSSR count). The van der Waals surface area contributed by atoms with Gasteiger partial charge in [-0.25, -0.2) is 0 Å². The van der Waals surface area contributed by atoms with E-state index in [2.05, 4.69) is 13.2 Å². The Labute approximate surface area is 67.2 Å². The fourth-order valence-corrected chi connectivity index (χ4v) is 0. The van der Waals surface area contributed by atoms with Crippen LogP contribution >= 0.6 is 0 Å². The monoisotopic (exact) mass is 111 g/mol.